The average molecular weight is 393 g/mol. The van der Waals surface area contributed by atoms with E-state index in [1.54, 1.807) is 6.07 Å². The van der Waals surface area contributed by atoms with E-state index >= 15 is 0 Å². The second kappa shape index (κ2) is 12.6. The van der Waals surface area contributed by atoms with Gasteiger partial charge in [-0.05, 0) is 64.0 Å². The lowest BCUT2D eigenvalue weighted by atomic mass is 9.80. The van der Waals surface area contributed by atoms with Crippen molar-refractivity contribution in [3.05, 3.63) is 35.4 Å². The minimum Gasteiger partial charge on any atom is -0.462 e. The van der Waals surface area contributed by atoms with Crippen LogP contribution in [0.1, 0.15) is 90.5 Å². The highest BCUT2D eigenvalue weighted by molar-refractivity contribution is 5.91. The maximum Gasteiger partial charge on any atom is 0.338 e. The van der Waals surface area contributed by atoms with Crippen molar-refractivity contribution in [2.75, 3.05) is 0 Å². The minimum absolute atomic E-state index is 0. The number of ether oxygens (including phenoxy) is 2. The van der Waals surface area contributed by atoms with Crippen molar-refractivity contribution in [1.29, 1.82) is 0 Å². The molecule has 28 heavy (non-hydrogen) atoms. The second-order valence-corrected chi connectivity index (χ2v) is 7.96. The summed E-state index contributed by atoms with van der Waals surface area (Å²) < 4.78 is 10.6. The molecule has 0 aromatic heterocycles. The highest BCUT2D eigenvalue weighted by atomic mass is 16.5. The van der Waals surface area contributed by atoms with Gasteiger partial charge in [-0.2, -0.15) is 0 Å². The molecular weight excluding hydrogens is 352 g/mol. The molecule has 4 unspecified atom stereocenters. The maximum absolute atomic E-state index is 11.8. The van der Waals surface area contributed by atoms with Gasteiger partial charge in [0.25, 0.3) is 0 Å². The summed E-state index contributed by atoms with van der Waals surface area (Å²) in [5.74, 6) is 0.488. The van der Waals surface area contributed by atoms with Gasteiger partial charge in [-0.1, -0.05) is 51.8 Å². The molecule has 0 aliphatic heterocycles. The first-order valence-corrected chi connectivity index (χ1v) is 10.8. The Morgan fingerprint density at radius 1 is 1.04 bits per heavy atom. The lowest BCUT2D eigenvalue weighted by Gasteiger charge is -2.27. The summed E-state index contributed by atoms with van der Waals surface area (Å²) in [5, 5.41) is 0. The van der Waals surface area contributed by atoms with Crippen LogP contribution in [0.15, 0.2) is 24.3 Å². The summed E-state index contributed by atoms with van der Waals surface area (Å²) in [6.07, 6.45) is 6.48. The molecule has 4 nitrogen and oxygen atoms in total. The van der Waals surface area contributed by atoms with Gasteiger partial charge in [0, 0.05) is 1.43 Å². The lowest BCUT2D eigenvalue weighted by Crippen LogP contribution is -2.29. The van der Waals surface area contributed by atoms with Crippen molar-refractivity contribution in [3.63, 3.8) is 0 Å². The standard InChI is InChI=1S/C12H22O2.C12H16O2.H2/c2*1-4-10(3)14-12(13)11-8-6-5-7-9(11)2;/h9-11H,4-8H2,1-3H3;5-8,10H,4H2,1-3H3;1H. The van der Waals surface area contributed by atoms with Crippen LogP contribution in [-0.4, -0.2) is 24.1 Å². The first kappa shape index (κ1) is 24.2. The fourth-order valence-corrected chi connectivity index (χ4v) is 3.17. The molecule has 1 saturated carbocycles. The topological polar surface area (TPSA) is 52.6 Å². The third-order valence-corrected chi connectivity index (χ3v) is 5.55. The molecule has 4 atom stereocenters. The summed E-state index contributed by atoms with van der Waals surface area (Å²) >= 11 is 0. The van der Waals surface area contributed by atoms with Crippen molar-refractivity contribution >= 4 is 11.9 Å². The van der Waals surface area contributed by atoms with Crippen LogP contribution in [0.2, 0.25) is 0 Å². The zero-order valence-corrected chi connectivity index (χ0v) is 18.5. The van der Waals surface area contributed by atoms with Crippen LogP contribution in [-0.2, 0) is 14.3 Å². The van der Waals surface area contributed by atoms with E-state index in [9.17, 15) is 9.59 Å². The van der Waals surface area contributed by atoms with Gasteiger partial charge in [-0.3, -0.25) is 4.79 Å². The van der Waals surface area contributed by atoms with E-state index in [0.29, 0.717) is 11.5 Å². The highest BCUT2D eigenvalue weighted by Crippen LogP contribution is 2.30. The number of rotatable bonds is 6. The van der Waals surface area contributed by atoms with Crippen LogP contribution in [0.4, 0.5) is 0 Å². The average Bonchev–Trinajstić information content (AvgIpc) is 2.68. The van der Waals surface area contributed by atoms with E-state index < -0.39 is 0 Å². The number of esters is 2. The Morgan fingerprint density at radius 2 is 1.61 bits per heavy atom. The smallest absolute Gasteiger partial charge is 0.338 e. The minimum atomic E-state index is -0.225. The summed E-state index contributed by atoms with van der Waals surface area (Å²) in [6.45, 7) is 12.0. The van der Waals surface area contributed by atoms with Gasteiger partial charge in [-0.15, -0.1) is 0 Å². The van der Waals surface area contributed by atoms with E-state index in [1.807, 2.05) is 52.8 Å². The molecule has 0 bridgehead atoms. The Balaban J connectivity index is 0.000000523. The predicted molar refractivity (Wildman–Crippen MR) is 115 cm³/mol. The van der Waals surface area contributed by atoms with Crippen LogP contribution in [0.5, 0.6) is 0 Å². The van der Waals surface area contributed by atoms with Crippen LogP contribution in [0.25, 0.3) is 0 Å². The molecular formula is C24H40O4. The lowest BCUT2D eigenvalue weighted by molar-refractivity contribution is -0.156. The number of aryl methyl sites for hydroxylation is 1. The predicted octanol–water partition coefficient (Wildman–Crippen LogP) is 6.35. The van der Waals surface area contributed by atoms with E-state index in [2.05, 4.69) is 6.92 Å². The summed E-state index contributed by atoms with van der Waals surface area (Å²) in [6, 6.07) is 7.46. The number of hydrogen-bond acceptors (Lipinski definition) is 4. The Bertz CT molecular complexity index is 617. The zero-order valence-electron chi connectivity index (χ0n) is 18.5. The molecule has 4 heteroatoms. The van der Waals surface area contributed by atoms with Crippen molar-refractivity contribution < 1.29 is 20.5 Å². The second-order valence-electron chi connectivity index (χ2n) is 7.96. The summed E-state index contributed by atoms with van der Waals surface area (Å²) in [5.41, 5.74) is 1.62. The molecule has 1 aliphatic rings. The largest absolute Gasteiger partial charge is 0.462 e. The number of carbonyl (C=O) groups is 2. The number of carbonyl (C=O) groups excluding carboxylic acids is 2. The van der Waals surface area contributed by atoms with Gasteiger partial charge >= 0.3 is 11.9 Å². The molecule has 1 fully saturated rings. The van der Waals surface area contributed by atoms with Gasteiger partial charge in [0.05, 0.1) is 23.7 Å². The van der Waals surface area contributed by atoms with E-state index in [-0.39, 0.29) is 31.5 Å². The van der Waals surface area contributed by atoms with Crippen molar-refractivity contribution in [3.8, 4) is 0 Å². The van der Waals surface area contributed by atoms with Crippen LogP contribution in [0, 0.1) is 18.8 Å². The SMILES string of the molecule is CCC(C)OC(=O)C1CCCCC1C.CCC(C)OC(=O)c1ccccc1C.[HH]. The maximum atomic E-state index is 11.8. The third-order valence-electron chi connectivity index (χ3n) is 5.55. The molecule has 1 aliphatic carbocycles. The molecule has 160 valence electrons. The fraction of sp³-hybridized carbons (Fsp3) is 0.667. The fourth-order valence-electron chi connectivity index (χ4n) is 3.17. The van der Waals surface area contributed by atoms with Crippen LogP contribution >= 0.6 is 0 Å². The Kier molecular flexibility index (Phi) is 10.9. The molecule has 2 rings (SSSR count). The first-order chi connectivity index (χ1) is 13.3. The summed E-state index contributed by atoms with van der Waals surface area (Å²) in [4.78, 5) is 23.4. The van der Waals surface area contributed by atoms with Crippen molar-refractivity contribution in [1.82, 2.24) is 0 Å². The molecule has 0 N–H and O–H groups in total. The van der Waals surface area contributed by atoms with Crippen molar-refractivity contribution in [2.24, 2.45) is 11.8 Å². The summed E-state index contributed by atoms with van der Waals surface area (Å²) in [7, 11) is 0. The number of benzene rings is 1. The van der Waals surface area contributed by atoms with Gasteiger partial charge in [0.1, 0.15) is 0 Å². The molecule has 0 saturated heterocycles. The van der Waals surface area contributed by atoms with Gasteiger partial charge in [0.15, 0.2) is 0 Å². The van der Waals surface area contributed by atoms with Crippen LogP contribution < -0.4 is 0 Å². The highest BCUT2D eigenvalue weighted by Gasteiger charge is 2.29. The number of hydrogen-bond donors (Lipinski definition) is 0. The van der Waals surface area contributed by atoms with Crippen LogP contribution in [0.3, 0.4) is 0 Å². The van der Waals surface area contributed by atoms with Gasteiger partial charge in [-0.25, -0.2) is 4.79 Å². The Labute approximate surface area is 172 Å². The van der Waals surface area contributed by atoms with E-state index in [1.165, 1.54) is 19.3 Å². The first-order valence-electron chi connectivity index (χ1n) is 10.8. The Morgan fingerprint density at radius 3 is 2.18 bits per heavy atom. The Hall–Kier alpha value is -1.84. The molecule has 1 aromatic carbocycles. The van der Waals surface area contributed by atoms with E-state index in [4.69, 9.17) is 9.47 Å². The normalized spacial score (nSPS) is 20.9. The molecule has 0 heterocycles. The van der Waals surface area contributed by atoms with Gasteiger partial charge < -0.3 is 9.47 Å². The molecule has 1 aromatic rings. The zero-order chi connectivity index (χ0) is 21.1. The quantitative estimate of drug-likeness (QED) is 0.529. The molecule has 0 radical (unpaired) electrons. The molecule has 0 spiro atoms. The van der Waals surface area contributed by atoms with Crippen molar-refractivity contribution in [2.45, 2.75) is 92.3 Å². The third kappa shape index (κ3) is 8.04. The molecule has 0 amide bonds. The monoisotopic (exact) mass is 392 g/mol. The van der Waals surface area contributed by atoms with Gasteiger partial charge in [0.2, 0.25) is 0 Å². The van der Waals surface area contributed by atoms with E-state index in [0.717, 1.165) is 24.8 Å².